The molecule has 0 saturated carbocycles. The van der Waals surface area contributed by atoms with E-state index in [2.05, 4.69) is 21.3 Å². The molecule has 0 fully saturated rings. The molecule has 1 heterocycles. The number of nitrogens with zero attached hydrogens (tertiary/aromatic N) is 1. The van der Waals surface area contributed by atoms with Crippen molar-refractivity contribution < 1.29 is 38.6 Å². The van der Waals surface area contributed by atoms with Gasteiger partial charge >= 0.3 is 6.03 Å². The van der Waals surface area contributed by atoms with Gasteiger partial charge in [-0.2, -0.15) is 0 Å². The number of aliphatic hydroxyl groups excluding tert-OH is 1. The van der Waals surface area contributed by atoms with Gasteiger partial charge in [0.1, 0.15) is 6.61 Å². The van der Waals surface area contributed by atoms with Crippen LogP contribution in [0.3, 0.4) is 0 Å². The van der Waals surface area contributed by atoms with E-state index in [4.69, 9.17) is 15.2 Å². The Morgan fingerprint density at radius 1 is 1.00 bits per heavy atom. The van der Waals surface area contributed by atoms with Crippen LogP contribution in [0.25, 0.3) is 0 Å². The van der Waals surface area contributed by atoms with Gasteiger partial charge in [0.05, 0.1) is 39.0 Å². The van der Waals surface area contributed by atoms with Crippen LogP contribution in [0.5, 0.6) is 0 Å². The Kier molecular flexibility index (Phi) is 15.2. The normalized spacial score (nSPS) is 14.2. The Balaban J connectivity index is 1.78. The van der Waals surface area contributed by atoms with Gasteiger partial charge in [0.25, 0.3) is 11.8 Å². The molecule has 0 aromatic heterocycles. The molecule has 232 valence electrons. The number of aliphatic hydroxyl groups is 1. The van der Waals surface area contributed by atoms with Crippen molar-refractivity contribution in [2.75, 3.05) is 51.4 Å². The SMILES string of the molecule is CC(C)[C@@H](CN[C@@H](CCCNC(N)=O)C(=O)Nc1ccc(CO)cc1)NC(=O)COCCOCCN1C(=O)C=CC1=O. The molecular formula is C28H42N6O8. The van der Waals surface area contributed by atoms with Gasteiger partial charge in [-0.15, -0.1) is 0 Å². The predicted molar refractivity (Wildman–Crippen MR) is 154 cm³/mol. The maximum absolute atomic E-state index is 13.1. The first kappa shape index (κ1) is 34.4. The fraction of sp³-hybridized carbons (Fsp3) is 0.536. The summed E-state index contributed by atoms with van der Waals surface area (Å²) in [5.41, 5.74) is 6.42. The van der Waals surface area contributed by atoms with Gasteiger partial charge in [0.2, 0.25) is 11.8 Å². The minimum absolute atomic E-state index is 0.0431. The van der Waals surface area contributed by atoms with E-state index in [0.717, 1.165) is 10.5 Å². The molecule has 0 saturated heterocycles. The summed E-state index contributed by atoms with van der Waals surface area (Å²) in [5.74, 6) is -1.30. The molecule has 1 aliphatic heterocycles. The van der Waals surface area contributed by atoms with Crippen LogP contribution in [0.4, 0.5) is 10.5 Å². The van der Waals surface area contributed by atoms with E-state index in [0.29, 0.717) is 31.6 Å². The molecule has 14 nitrogen and oxygen atoms in total. The minimum atomic E-state index is -0.642. The first-order valence-electron chi connectivity index (χ1n) is 13.9. The van der Waals surface area contributed by atoms with Crippen molar-refractivity contribution in [1.82, 2.24) is 20.9 Å². The van der Waals surface area contributed by atoms with Crippen LogP contribution in [0, 0.1) is 5.92 Å². The van der Waals surface area contributed by atoms with Crippen molar-refractivity contribution in [2.45, 2.75) is 45.4 Å². The molecule has 2 atom stereocenters. The Morgan fingerprint density at radius 2 is 1.67 bits per heavy atom. The van der Waals surface area contributed by atoms with E-state index in [1.165, 1.54) is 12.2 Å². The third-order valence-corrected chi connectivity index (χ3v) is 6.39. The third kappa shape index (κ3) is 12.8. The van der Waals surface area contributed by atoms with E-state index in [1.54, 1.807) is 24.3 Å². The number of amides is 6. The molecule has 0 unspecified atom stereocenters. The Labute approximate surface area is 245 Å². The summed E-state index contributed by atoms with van der Waals surface area (Å²) in [4.78, 5) is 60.6. The van der Waals surface area contributed by atoms with Crippen LogP contribution in [0.2, 0.25) is 0 Å². The standard InChI is InChI=1S/C28H42N6O8/c1-19(2)23(33-24(36)18-42-15-14-41-13-12-34-25(37)9-10-26(34)38)16-31-22(4-3-11-30-28(29)40)27(39)32-21-7-5-20(17-35)6-8-21/h5-10,19,22-23,31,35H,3-4,11-18H2,1-2H3,(H,32,39)(H,33,36)(H3,29,30,40)/t22-,23+/m0/s1. The predicted octanol–water partition coefficient (Wildman–Crippen LogP) is -0.377. The number of anilines is 1. The van der Waals surface area contributed by atoms with Crippen LogP contribution in [-0.4, -0.2) is 97.8 Å². The van der Waals surface area contributed by atoms with E-state index < -0.39 is 12.1 Å². The van der Waals surface area contributed by atoms with Gasteiger partial charge in [-0.05, 0) is 36.5 Å². The summed E-state index contributed by atoms with van der Waals surface area (Å²) >= 11 is 0. The van der Waals surface area contributed by atoms with Crippen molar-refractivity contribution in [3.63, 3.8) is 0 Å². The van der Waals surface area contributed by atoms with E-state index >= 15 is 0 Å². The third-order valence-electron chi connectivity index (χ3n) is 6.39. The largest absolute Gasteiger partial charge is 0.392 e. The summed E-state index contributed by atoms with van der Waals surface area (Å²) in [5, 5.41) is 20.7. The maximum Gasteiger partial charge on any atom is 0.312 e. The molecule has 2 rings (SSSR count). The first-order chi connectivity index (χ1) is 20.1. The first-order valence-corrected chi connectivity index (χ1v) is 13.9. The van der Waals surface area contributed by atoms with E-state index in [-0.39, 0.29) is 75.2 Å². The molecule has 14 heteroatoms. The average molecular weight is 591 g/mol. The monoisotopic (exact) mass is 590 g/mol. The van der Waals surface area contributed by atoms with Gasteiger partial charge < -0.3 is 41.6 Å². The van der Waals surface area contributed by atoms with E-state index in [1.807, 2.05) is 13.8 Å². The smallest absolute Gasteiger partial charge is 0.312 e. The number of carbonyl (C=O) groups excluding carboxylic acids is 5. The highest BCUT2D eigenvalue weighted by Gasteiger charge is 2.23. The molecule has 1 aliphatic rings. The summed E-state index contributed by atoms with van der Waals surface area (Å²) in [6.45, 7) is 4.87. The second-order valence-corrected chi connectivity index (χ2v) is 9.98. The highest BCUT2D eigenvalue weighted by Crippen LogP contribution is 2.11. The number of hydrogen-bond donors (Lipinski definition) is 6. The number of nitrogens with two attached hydrogens (primary N) is 1. The molecule has 6 amide bonds. The molecule has 7 N–H and O–H groups in total. The lowest BCUT2D eigenvalue weighted by Crippen LogP contribution is -2.51. The lowest BCUT2D eigenvalue weighted by molar-refractivity contribution is -0.138. The molecule has 1 aromatic rings. The lowest BCUT2D eigenvalue weighted by Gasteiger charge is -2.26. The number of hydrogen-bond acceptors (Lipinski definition) is 9. The quantitative estimate of drug-likeness (QED) is 0.0865. The topological polar surface area (TPSA) is 201 Å². The number of benzene rings is 1. The summed E-state index contributed by atoms with van der Waals surface area (Å²) in [6, 6.07) is 5.26. The second-order valence-electron chi connectivity index (χ2n) is 9.98. The molecule has 0 aliphatic carbocycles. The van der Waals surface area contributed by atoms with Crippen molar-refractivity contribution >= 4 is 35.3 Å². The van der Waals surface area contributed by atoms with Crippen LogP contribution in [0.15, 0.2) is 36.4 Å². The van der Waals surface area contributed by atoms with Crippen molar-refractivity contribution in [1.29, 1.82) is 0 Å². The number of imide groups is 1. The minimum Gasteiger partial charge on any atom is -0.392 e. The summed E-state index contributed by atoms with van der Waals surface area (Å²) < 4.78 is 10.7. The average Bonchev–Trinajstić information content (AvgIpc) is 3.27. The lowest BCUT2D eigenvalue weighted by atomic mass is 10.0. The number of rotatable bonds is 20. The second kappa shape index (κ2) is 18.6. The van der Waals surface area contributed by atoms with Gasteiger partial charge in [0, 0.05) is 37.0 Å². The molecule has 42 heavy (non-hydrogen) atoms. The zero-order valence-corrected chi connectivity index (χ0v) is 24.1. The highest BCUT2D eigenvalue weighted by atomic mass is 16.5. The molecule has 0 radical (unpaired) electrons. The van der Waals surface area contributed by atoms with Crippen LogP contribution in [-0.2, 0) is 35.3 Å². The fourth-order valence-corrected chi connectivity index (χ4v) is 3.93. The number of nitrogens with one attached hydrogen (secondary N) is 4. The van der Waals surface area contributed by atoms with Gasteiger partial charge in [-0.25, -0.2) is 4.79 Å². The van der Waals surface area contributed by atoms with Gasteiger partial charge in [0.15, 0.2) is 0 Å². The van der Waals surface area contributed by atoms with Crippen molar-refractivity contribution in [3.05, 3.63) is 42.0 Å². The molecular weight excluding hydrogens is 548 g/mol. The zero-order chi connectivity index (χ0) is 30.9. The molecule has 1 aromatic carbocycles. The zero-order valence-electron chi connectivity index (χ0n) is 24.1. The highest BCUT2D eigenvalue weighted by molar-refractivity contribution is 6.12. The maximum atomic E-state index is 13.1. The van der Waals surface area contributed by atoms with Crippen LogP contribution >= 0.6 is 0 Å². The number of ether oxygens (including phenoxy) is 2. The number of urea groups is 1. The van der Waals surface area contributed by atoms with Crippen LogP contribution < -0.4 is 27.0 Å². The van der Waals surface area contributed by atoms with Crippen LogP contribution in [0.1, 0.15) is 32.3 Å². The van der Waals surface area contributed by atoms with Crippen molar-refractivity contribution in [2.24, 2.45) is 11.7 Å². The number of primary amides is 1. The summed E-state index contributed by atoms with van der Waals surface area (Å²) in [7, 11) is 0. The summed E-state index contributed by atoms with van der Waals surface area (Å²) in [6.07, 6.45) is 3.32. The Bertz CT molecular complexity index is 1060. The Morgan fingerprint density at radius 3 is 2.29 bits per heavy atom. The van der Waals surface area contributed by atoms with Crippen molar-refractivity contribution in [3.8, 4) is 0 Å². The molecule has 0 spiro atoms. The number of carbonyl (C=O) groups is 5. The Hall–Kier alpha value is -3.85. The van der Waals surface area contributed by atoms with Gasteiger partial charge in [-0.3, -0.25) is 24.1 Å². The van der Waals surface area contributed by atoms with E-state index in [9.17, 15) is 29.1 Å². The molecule has 0 bridgehead atoms. The van der Waals surface area contributed by atoms with Gasteiger partial charge in [-0.1, -0.05) is 26.0 Å². The fourth-order valence-electron chi connectivity index (χ4n) is 3.93.